The van der Waals surface area contributed by atoms with Crippen molar-refractivity contribution in [2.24, 2.45) is 11.8 Å². The molecule has 2 N–H and O–H groups in total. The van der Waals surface area contributed by atoms with E-state index in [-0.39, 0.29) is 24.4 Å². The van der Waals surface area contributed by atoms with Gasteiger partial charge in [0.25, 0.3) is 0 Å². The Kier molecular flexibility index (Phi) is 11.2. The molecule has 1 amide bonds. The first-order chi connectivity index (χ1) is 9.09. The number of carbonyl (C=O) groups is 1. The van der Waals surface area contributed by atoms with Crippen LogP contribution in [-0.2, 0) is 9.53 Å². The molecule has 0 aromatic carbocycles. The van der Waals surface area contributed by atoms with Crippen molar-refractivity contribution in [1.82, 2.24) is 10.6 Å². The van der Waals surface area contributed by atoms with E-state index >= 15 is 0 Å². The molecule has 1 heterocycles. The van der Waals surface area contributed by atoms with Crippen LogP contribution in [0.1, 0.15) is 46.5 Å². The third kappa shape index (κ3) is 8.77. The summed E-state index contributed by atoms with van der Waals surface area (Å²) >= 11 is 0. The summed E-state index contributed by atoms with van der Waals surface area (Å²) in [6.07, 6.45) is 4.24. The van der Waals surface area contributed by atoms with E-state index in [0.717, 1.165) is 32.7 Å². The van der Waals surface area contributed by atoms with Gasteiger partial charge in [-0.3, -0.25) is 4.79 Å². The lowest BCUT2D eigenvalue weighted by Gasteiger charge is -2.27. The highest BCUT2D eigenvalue weighted by molar-refractivity contribution is 5.85. The molecular weight excluding hydrogens is 276 g/mol. The Morgan fingerprint density at radius 3 is 2.55 bits per heavy atom. The molecule has 0 radical (unpaired) electrons. The normalized spacial score (nSPS) is 17.6. The number of amides is 1. The van der Waals surface area contributed by atoms with Crippen LogP contribution in [0.5, 0.6) is 0 Å². The zero-order valence-electron chi connectivity index (χ0n) is 13.1. The van der Waals surface area contributed by atoms with Crippen LogP contribution in [0.25, 0.3) is 0 Å². The Hall–Kier alpha value is -0.320. The quantitative estimate of drug-likeness (QED) is 0.677. The summed E-state index contributed by atoms with van der Waals surface area (Å²) in [5.41, 5.74) is 0. The molecule has 0 bridgehead atoms. The fourth-order valence-electron chi connectivity index (χ4n) is 2.56. The van der Waals surface area contributed by atoms with Crippen molar-refractivity contribution in [2.75, 3.05) is 26.2 Å². The first-order valence-corrected chi connectivity index (χ1v) is 7.68. The summed E-state index contributed by atoms with van der Waals surface area (Å²) in [4.78, 5) is 11.8. The molecule has 0 saturated carbocycles. The maximum absolute atomic E-state index is 11.8. The zero-order valence-corrected chi connectivity index (χ0v) is 13.9. The lowest BCUT2D eigenvalue weighted by molar-refractivity contribution is -0.122. The molecular formula is C15H31ClN2O2. The van der Waals surface area contributed by atoms with Crippen molar-refractivity contribution in [1.29, 1.82) is 0 Å². The second-order valence-electron chi connectivity index (χ2n) is 5.89. The molecule has 1 unspecified atom stereocenters. The minimum absolute atomic E-state index is 0. The standard InChI is InChI=1S/C15H30N2O2.ClH/c1-12(2)19-10-4-7-17-15(18)11-13(3)14-5-8-16-9-6-14;/h12-14,16H,4-11H2,1-3H3,(H,17,18);1H. The van der Waals surface area contributed by atoms with Gasteiger partial charge in [0.1, 0.15) is 0 Å². The molecule has 0 aliphatic carbocycles. The molecule has 1 aliphatic rings. The zero-order chi connectivity index (χ0) is 14.1. The van der Waals surface area contributed by atoms with Gasteiger partial charge in [-0.05, 0) is 58.0 Å². The predicted molar refractivity (Wildman–Crippen MR) is 85.3 cm³/mol. The second kappa shape index (κ2) is 11.4. The van der Waals surface area contributed by atoms with Crippen LogP contribution in [0.4, 0.5) is 0 Å². The minimum Gasteiger partial charge on any atom is -0.379 e. The van der Waals surface area contributed by atoms with E-state index in [1.165, 1.54) is 12.8 Å². The summed E-state index contributed by atoms with van der Waals surface area (Å²) in [6, 6.07) is 0. The van der Waals surface area contributed by atoms with Crippen LogP contribution in [-0.4, -0.2) is 38.3 Å². The van der Waals surface area contributed by atoms with Crippen LogP contribution in [0.15, 0.2) is 0 Å². The van der Waals surface area contributed by atoms with Crippen LogP contribution in [0.3, 0.4) is 0 Å². The lowest BCUT2D eigenvalue weighted by atomic mass is 9.84. The van der Waals surface area contributed by atoms with Gasteiger partial charge in [0.15, 0.2) is 0 Å². The van der Waals surface area contributed by atoms with E-state index in [4.69, 9.17) is 4.74 Å². The topological polar surface area (TPSA) is 50.4 Å². The van der Waals surface area contributed by atoms with Crippen molar-refractivity contribution in [2.45, 2.75) is 52.6 Å². The highest BCUT2D eigenvalue weighted by atomic mass is 35.5. The van der Waals surface area contributed by atoms with Gasteiger partial charge in [0, 0.05) is 19.6 Å². The smallest absolute Gasteiger partial charge is 0.220 e. The lowest BCUT2D eigenvalue weighted by Crippen LogP contribution is -2.33. The van der Waals surface area contributed by atoms with Crippen LogP contribution >= 0.6 is 12.4 Å². The van der Waals surface area contributed by atoms with E-state index in [2.05, 4.69) is 17.6 Å². The number of halogens is 1. The number of rotatable bonds is 8. The molecule has 5 heteroatoms. The van der Waals surface area contributed by atoms with Crippen molar-refractivity contribution < 1.29 is 9.53 Å². The summed E-state index contributed by atoms with van der Waals surface area (Å²) in [5, 5.41) is 6.36. The van der Waals surface area contributed by atoms with Gasteiger partial charge in [-0.25, -0.2) is 0 Å². The maximum Gasteiger partial charge on any atom is 0.220 e. The molecule has 1 saturated heterocycles. The number of hydrogen-bond acceptors (Lipinski definition) is 3. The Bertz CT molecular complexity index is 256. The van der Waals surface area contributed by atoms with Gasteiger partial charge >= 0.3 is 0 Å². The third-order valence-corrected chi connectivity index (χ3v) is 3.79. The highest BCUT2D eigenvalue weighted by Crippen LogP contribution is 2.23. The van der Waals surface area contributed by atoms with E-state index in [0.29, 0.717) is 18.3 Å². The summed E-state index contributed by atoms with van der Waals surface area (Å²) in [6.45, 7) is 9.91. The predicted octanol–water partition coefficient (Wildman–Crippen LogP) is 2.37. The average Bonchev–Trinajstić information content (AvgIpc) is 2.39. The number of ether oxygens (including phenoxy) is 1. The van der Waals surface area contributed by atoms with E-state index < -0.39 is 0 Å². The molecule has 1 atom stereocenters. The summed E-state index contributed by atoms with van der Waals surface area (Å²) < 4.78 is 5.44. The fraction of sp³-hybridized carbons (Fsp3) is 0.933. The summed E-state index contributed by atoms with van der Waals surface area (Å²) in [5.74, 6) is 1.39. The first kappa shape index (κ1) is 19.7. The fourth-order valence-corrected chi connectivity index (χ4v) is 2.56. The monoisotopic (exact) mass is 306 g/mol. The number of piperidine rings is 1. The van der Waals surface area contributed by atoms with E-state index in [1.54, 1.807) is 0 Å². The average molecular weight is 307 g/mol. The third-order valence-electron chi connectivity index (χ3n) is 3.79. The van der Waals surface area contributed by atoms with Crippen molar-refractivity contribution >= 4 is 18.3 Å². The van der Waals surface area contributed by atoms with Crippen LogP contribution < -0.4 is 10.6 Å². The molecule has 0 spiro atoms. The molecule has 1 rings (SSSR count). The molecule has 0 aromatic heterocycles. The summed E-state index contributed by atoms with van der Waals surface area (Å²) in [7, 11) is 0. The molecule has 1 aliphatic heterocycles. The first-order valence-electron chi connectivity index (χ1n) is 7.68. The Morgan fingerprint density at radius 2 is 1.95 bits per heavy atom. The van der Waals surface area contributed by atoms with E-state index in [9.17, 15) is 4.79 Å². The van der Waals surface area contributed by atoms with E-state index in [1.807, 2.05) is 13.8 Å². The largest absolute Gasteiger partial charge is 0.379 e. The van der Waals surface area contributed by atoms with Crippen molar-refractivity contribution in [3.8, 4) is 0 Å². The highest BCUT2D eigenvalue weighted by Gasteiger charge is 2.21. The van der Waals surface area contributed by atoms with Gasteiger partial charge in [-0.1, -0.05) is 6.92 Å². The Balaban J connectivity index is 0.00000361. The Labute approximate surface area is 129 Å². The van der Waals surface area contributed by atoms with Gasteiger partial charge in [-0.15, -0.1) is 12.4 Å². The molecule has 4 nitrogen and oxygen atoms in total. The minimum atomic E-state index is 0. The second-order valence-corrected chi connectivity index (χ2v) is 5.89. The van der Waals surface area contributed by atoms with Gasteiger partial charge in [-0.2, -0.15) is 0 Å². The van der Waals surface area contributed by atoms with Crippen LogP contribution in [0.2, 0.25) is 0 Å². The van der Waals surface area contributed by atoms with Crippen molar-refractivity contribution in [3.63, 3.8) is 0 Å². The molecule has 20 heavy (non-hydrogen) atoms. The Morgan fingerprint density at radius 1 is 1.30 bits per heavy atom. The number of hydrogen-bond donors (Lipinski definition) is 2. The molecule has 120 valence electrons. The van der Waals surface area contributed by atoms with Gasteiger partial charge in [0.2, 0.25) is 5.91 Å². The van der Waals surface area contributed by atoms with Crippen molar-refractivity contribution in [3.05, 3.63) is 0 Å². The van der Waals surface area contributed by atoms with Gasteiger partial charge in [0.05, 0.1) is 6.10 Å². The van der Waals surface area contributed by atoms with Crippen LogP contribution in [0, 0.1) is 11.8 Å². The molecule has 0 aromatic rings. The SMILES string of the molecule is CC(C)OCCCNC(=O)CC(C)C1CCNCC1.Cl. The molecule has 1 fully saturated rings. The number of carbonyl (C=O) groups excluding carboxylic acids is 1. The maximum atomic E-state index is 11.8. The number of nitrogens with one attached hydrogen (secondary N) is 2. The van der Waals surface area contributed by atoms with Gasteiger partial charge < -0.3 is 15.4 Å².